The summed E-state index contributed by atoms with van der Waals surface area (Å²) in [6, 6.07) is 12.8. The van der Waals surface area contributed by atoms with Crippen molar-refractivity contribution in [1.82, 2.24) is 0 Å². The van der Waals surface area contributed by atoms with Crippen molar-refractivity contribution < 1.29 is 52.7 Å². The molecule has 230 valence electrons. The van der Waals surface area contributed by atoms with Crippen molar-refractivity contribution >= 4 is 23.9 Å². The van der Waals surface area contributed by atoms with Crippen molar-refractivity contribution in [3.63, 3.8) is 0 Å². The molecule has 0 saturated carbocycles. The molecule has 3 rings (SSSR count). The predicted molar refractivity (Wildman–Crippen MR) is 148 cm³/mol. The van der Waals surface area contributed by atoms with Crippen molar-refractivity contribution in [3.8, 4) is 11.8 Å². The van der Waals surface area contributed by atoms with Crippen LogP contribution in [-0.2, 0) is 61.5 Å². The first-order valence-electron chi connectivity index (χ1n) is 13.6. The molecule has 0 spiro atoms. The second kappa shape index (κ2) is 14.1. The molecule has 0 aliphatic carbocycles. The van der Waals surface area contributed by atoms with E-state index in [0.717, 1.165) is 45.2 Å². The van der Waals surface area contributed by atoms with Crippen molar-refractivity contribution in [3.05, 3.63) is 64.2 Å². The number of esters is 4. The van der Waals surface area contributed by atoms with Gasteiger partial charge in [0.15, 0.2) is 12.2 Å². The summed E-state index contributed by atoms with van der Waals surface area (Å²) in [5.74, 6) is -5.87. The van der Waals surface area contributed by atoms with Crippen LogP contribution in [0.15, 0.2) is 36.4 Å². The highest BCUT2D eigenvalue weighted by atomic mass is 16.7. The van der Waals surface area contributed by atoms with Gasteiger partial charge in [-0.2, -0.15) is 5.26 Å². The van der Waals surface area contributed by atoms with Gasteiger partial charge in [-0.25, -0.2) is 0 Å². The normalized spacial score (nSPS) is 22.9. The minimum Gasteiger partial charge on any atom is -0.496 e. The van der Waals surface area contributed by atoms with Gasteiger partial charge in [-0.15, -0.1) is 0 Å². The fourth-order valence-electron chi connectivity index (χ4n) is 4.93. The van der Waals surface area contributed by atoms with E-state index < -0.39 is 60.7 Å². The molecule has 0 bridgehead atoms. The Morgan fingerprint density at radius 3 is 2.00 bits per heavy atom. The Labute approximate surface area is 249 Å². The number of hydrogen-bond acceptors (Lipinski definition) is 12. The number of nitrogens with zero attached hydrogens (tertiary/aromatic N) is 1. The average Bonchev–Trinajstić information content (AvgIpc) is 2.95. The highest BCUT2D eigenvalue weighted by Crippen LogP contribution is 2.45. The number of aryl methyl sites for hydroxylation is 1. The number of rotatable bonds is 10. The van der Waals surface area contributed by atoms with E-state index in [4.69, 9.17) is 28.4 Å². The molecule has 0 radical (unpaired) electrons. The number of methoxy groups -OCH3 is 1. The van der Waals surface area contributed by atoms with Crippen LogP contribution in [-0.4, -0.2) is 67.1 Å². The summed E-state index contributed by atoms with van der Waals surface area (Å²) in [4.78, 5) is 48.3. The Hall–Kier alpha value is -4.47. The highest BCUT2D eigenvalue weighted by molar-refractivity contribution is 5.69. The lowest BCUT2D eigenvalue weighted by atomic mass is 9.85. The van der Waals surface area contributed by atoms with Crippen LogP contribution < -0.4 is 4.74 Å². The molecule has 2 aromatic rings. The Morgan fingerprint density at radius 1 is 0.907 bits per heavy atom. The summed E-state index contributed by atoms with van der Waals surface area (Å²) < 4.78 is 33.1. The van der Waals surface area contributed by atoms with E-state index in [-0.39, 0.29) is 23.3 Å². The first kappa shape index (κ1) is 33.0. The molecule has 2 aromatic carbocycles. The van der Waals surface area contributed by atoms with Crippen LogP contribution >= 0.6 is 0 Å². The van der Waals surface area contributed by atoms with E-state index in [1.165, 1.54) is 19.2 Å². The second-order valence-electron chi connectivity index (χ2n) is 10.0. The van der Waals surface area contributed by atoms with Crippen LogP contribution in [0.4, 0.5) is 0 Å². The average molecular weight is 598 g/mol. The molecular weight excluding hydrogens is 562 g/mol. The molecule has 1 aliphatic heterocycles. The number of carbonyl (C=O) groups excluding carboxylic acids is 4. The summed E-state index contributed by atoms with van der Waals surface area (Å²) in [6.45, 7) is 5.89. The molecule has 12 heteroatoms. The highest BCUT2D eigenvalue weighted by Gasteiger charge is 2.61. The molecule has 0 unspecified atom stereocenters. The van der Waals surface area contributed by atoms with Crippen molar-refractivity contribution in [1.29, 1.82) is 5.26 Å². The minimum absolute atomic E-state index is 0.0139. The van der Waals surface area contributed by atoms with Gasteiger partial charge in [-0.1, -0.05) is 31.2 Å². The maximum Gasteiger partial charge on any atom is 0.303 e. The van der Waals surface area contributed by atoms with Crippen molar-refractivity contribution in [2.45, 2.75) is 77.7 Å². The third-order valence-corrected chi connectivity index (χ3v) is 6.81. The predicted octanol–water partition coefficient (Wildman–Crippen LogP) is 2.62. The van der Waals surface area contributed by atoms with E-state index >= 15 is 0 Å². The van der Waals surface area contributed by atoms with Gasteiger partial charge in [0.1, 0.15) is 18.5 Å². The zero-order valence-corrected chi connectivity index (χ0v) is 24.9. The number of aliphatic hydroxyl groups is 1. The number of carbonyl (C=O) groups is 4. The third kappa shape index (κ3) is 7.88. The lowest BCUT2D eigenvalue weighted by Gasteiger charge is -2.49. The molecule has 5 atom stereocenters. The Bertz CT molecular complexity index is 1400. The lowest BCUT2D eigenvalue weighted by molar-refractivity contribution is -0.360. The standard InChI is InChI=1S/C31H35NO11/c1-7-21-8-10-22(11-9-21)12-23-13-25(26(38-6)14-24(23)15-32)31(37)30(42-20(5)36)29(41-19(4)35)28(40-18(3)34)27(43-31)16-39-17(2)33/h8-11,13-14,27-30,37H,7,12,16H2,1-6H3/t27-,28-,29+,30-,31-/m1/s1. The third-order valence-electron chi connectivity index (χ3n) is 6.81. The summed E-state index contributed by atoms with van der Waals surface area (Å²) >= 11 is 0. The number of nitriles is 1. The van der Waals surface area contributed by atoms with Gasteiger partial charge in [0.05, 0.1) is 24.3 Å². The quantitative estimate of drug-likeness (QED) is 0.314. The first-order valence-corrected chi connectivity index (χ1v) is 13.6. The zero-order valence-electron chi connectivity index (χ0n) is 24.9. The van der Waals surface area contributed by atoms with Crippen LogP contribution in [0.25, 0.3) is 0 Å². The fourth-order valence-corrected chi connectivity index (χ4v) is 4.93. The molecule has 1 saturated heterocycles. The summed E-state index contributed by atoms with van der Waals surface area (Å²) in [5, 5.41) is 22.3. The van der Waals surface area contributed by atoms with Gasteiger partial charge < -0.3 is 33.5 Å². The van der Waals surface area contributed by atoms with E-state index in [9.17, 15) is 29.5 Å². The molecule has 1 N–H and O–H groups in total. The molecule has 43 heavy (non-hydrogen) atoms. The topological polar surface area (TPSA) is 168 Å². The first-order chi connectivity index (χ1) is 20.3. The summed E-state index contributed by atoms with van der Waals surface area (Å²) in [7, 11) is 1.30. The van der Waals surface area contributed by atoms with Gasteiger partial charge >= 0.3 is 23.9 Å². The molecule has 0 amide bonds. The molecule has 12 nitrogen and oxygen atoms in total. The van der Waals surface area contributed by atoms with E-state index in [1.54, 1.807) is 0 Å². The SMILES string of the molecule is CCc1ccc(Cc2cc([C@@]3(O)O[C@H](COC(C)=O)[C@@H](OC(C)=O)[C@H](OC(C)=O)[C@H]3OC(C)=O)c(OC)cc2C#N)cc1. The van der Waals surface area contributed by atoms with Gasteiger partial charge in [0.2, 0.25) is 11.9 Å². The minimum atomic E-state index is -2.62. The Kier molecular flexibility index (Phi) is 10.9. The maximum atomic E-state index is 12.3. The molecule has 1 aliphatic rings. The smallest absolute Gasteiger partial charge is 0.303 e. The molecular formula is C31H35NO11. The Balaban J connectivity index is 2.26. The summed E-state index contributed by atoms with van der Waals surface area (Å²) in [6.07, 6.45) is -5.16. The lowest BCUT2D eigenvalue weighted by Crippen LogP contribution is -2.66. The van der Waals surface area contributed by atoms with Crippen LogP contribution in [0.1, 0.15) is 62.4 Å². The second-order valence-corrected chi connectivity index (χ2v) is 10.0. The summed E-state index contributed by atoms with van der Waals surface area (Å²) in [5.41, 5.74) is 2.65. The van der Waals surface area contributed by atoms with Crippen molar-refractivity contribution in [2.24, 2.45) is 0 Å². The fraction of sp³-hybridized carbons (Fsp3) is 0.452. The molecule has 0 aromatic heterocycles. The van der Waals surface area contributed by atoms with E-state index in [0.29, 0.717) is 5.56 Å². The monoisotopic (exact) mass is 597 g/mol. The van der Waals surface area contributed by atoms with Crippen molar-refractivity contribution in [2.75, 3.05) is 13.7 Å². The number of benzene rings is 2. The van der Waals surface area contributed by atoms with Crippen LogP contribution in [0.2, 0.25) is 0 Å². The van der Waals surface area contributed by atoms with Crippen LogP contribution in [0, 0.1) is 11.3 Å². The van der Waals surface area contributed by atoms with Gasteiger partial charge in [0, 0.05) is 27.7 Å². The molecule has 1 fully saturated rings. The Morgan fingerprint density at radius 2 is 1.49 bits per heavy atom. The van der Waals surface area contributed by atoms with Gasteiger partial charge in [-0.05, 0) is 41.7 Å². The van der Waals surface area contributed by atoms with E-state index in [1.807, 2.05) is 31.2 Å². The van der Waals surface area contributed by atoms with Crippen LogP contribution in [0.5, 0.6) is 5.75 Å². The maximum absolute atomic E-state index is 12.3. The van der Waals surface area contributed by atoms with Gasteiger partial charge in [0.25, 0.3) is 0 Å². The number of hydrogen-bond donors (Lipinski definition) is 1. The van der Waals surface area contributed by atoms with E-state index in [2.05, 4.69) is 6.07 Å². The number of ether oxygens (including phenoxy) is 6. The molecule has 1 heterocycles. The van der Waals surface area contributed by atoms with Crippen LogP contribution in [0.3, 0.4) is 0 Å². The zero-order chi connectivity index (χ0) is 31.9. The largest absolute Gasteiger partial charge is 0.496 e. The van der Waals surface area contributed by atoms with Gasteiger partial charge in [-0.3, -0.25) is 19.2 Å².